The van der Waals surface area contributed by atoms with Crippen LogP contribution in [0.4, 0.5) is 20.5 Å². The van der Waals surface area contributed by atoms with Gasteiger partial charge in [0.1, 0.15) is 17.7 Å². The number of nitrogens with zero attached hydrogens (tertiary/aromatic N) is 6. The van der Waals surface area contributed by atoms with Crippen LogP contribution in [0.5, 0.6) is 0 Å². The maximum Gasteiger partial charge on any atom is 0.296 e. The van der Waals surface area contributed by atoms with Crippen LogP contribution in [0.15, 0.2) is 60.7 Å². The number of carbonyl (C=O) groups is 1. The van der Waals surface area contributed by atoms with Crippen molar-refractivity contribution in [2.45, 2.75) is 39.3 Å². The van der Waals surface area contributed by atoms with E-state index in [4.69, 9.17) is 9.72 Å². The van der Waals surface area contributed by atoms with Crippen molar-refractivity contribution in [3.05, 3.63) is 72.1 Å². The van der Waals surface area contributed by atoms with E-state index in [0.717, 1.165) is 5.56 Å². The second kappa shape index (κ2) is 12.4. The van der Waals surface area contributed by atoms with Gasteiger partial charge in [0.05, 0.1) is 24.2 Å². The van der Waals surface area contributed by atoms with Crippen LogP contribution in [-0.2, 0) is 16.1 Å². The van der Waals surface area contributed by atoms with Gasteiger partial charge in [-0.15, -0.1) is 0 Å². The molecule has 0 aliphatic carbocycles. The summed E-state index contributed by atoms with van der Waals surface area (Å²) >= 11 is 0. The molecule has 1 atom stereocenters. The Hall–Kier alpha value is -4.12. The Labute approximate surface area is 231 Å². The summed E-state index contributed by atoms with van der Waals surface area (Å²) in [5.41, 5.74) is 1.99. The van der Waals surface area contributed by atoms with Crippen molar-refractivity contribution in [3.8, 4) is 5.82 Å². The molecule has 2 aromatic carbocycles. The maximum atomic E-state index is 14.2. The molecule has 5 rings (SSSR count). The number of halogens is 2. The molecule has 40 heavy (non-hydrogen) atoms. The number of aromatic nitrogens is 4. The molecule has 3 heterocycles. The lowest BCUT2D eigenvalue weighted by molar-refractivity contribution is -0.132. The normalized spacial score (nSPS) is 14.5. The average molecular weight is 550 g/mol. The Morgan fingerprint density at radius 3 is 2.40 bits per heavy atom. The zero-order valence-corrected chi connectivity index (χ0v) is 22.6. The van der Waals surface area contributed by atoms with E-state index in [1.54, 1.807) is 35.2 Å². The molecule has 0 radical (unpaired) electrons. The molecule has 0 saturated carbocycles. The number of benzene rings is 2. The Kier molecular flexibility index (Phi) is 8.49. The number of nitrogens with one attached hydrogen (secondary N) is 1. The predicted octanol–water partition coefficient (Wildman–Crippen LogP) is 4.83. The molecule has 11 heteroatoms. The summed E-state index contributed by atoms with van der Waals surface area (Å²) in [5, 5.41) is 3.22. The number of ether oxygens (including phenoxy) is 1. The number of anilines is 2. The summed E-state index contributed by atoms with van der Waals surface area (Å²) in [5.74, 6) is 0.515. The number of hydrogen-bond acceptors (Lipinski definition) is 7. The molecule has 1 fully saturated rings. The first-order valence-corrected chi connectivity index (χ1v) is 13.5. The molecule has 0 spiro atoms. The minimum atomic E-state index is -2.81. The van der Waals surface area contributed by atoms with Crippen LogP contribution in [0.2, 0.25) is 0 Å². The Bertz CT molecular complexity index is 1440. The number of carbonyl (C=O) groups excluding carboxylic acids is 1. The van der Waals surface area contributed by atoms with Crippen molar-refractivity contribution < 1.29 is 18.3 Å². The van der Waals surface area contributed by atoms with Gasteiger partial charge in [-0.05, 0) is 31.0 Å². The molecule has 2 aromatic heterocycles. The molecule has 0 unspecified atom stereocenters. The van der Waals surface area contributed by atoms with Gasteiger partial charge in [-0.25, -0.2) is 13.8 Å². The zero-order chi connectivity index (χ0) is 28.1. The highest BCUT2D eigenvalue weighted by Crippen LogP contribution is 2.29. The van der Waals surface area contributed by atoms with Crippen molar-refractivity contribution in [3.63, 3.8) is 0 Å². The third-order valence-corrected chi connectivity index (χ3v) is 6.96. The van der Waals surface area contributed by atoms with Gasteiger partial charge in [-0.3, -0.25) is 9.36 Å². The number of para-hydroxylation sites is 2. The topological polar surface area (TPSA) is 88.4 Å². The van der Waals surface area contributed by atoms with E-state index in [-0.39, 0.29) is 17.7 Å². The monoisotopic (exact) mass is 549 g/mol. The minimum Gasteiger partial charge on any atom is -0.378 e. The third kappa shape index (κ3) is 5.89. The standard InChI is InChI=1S/C29H33F2N7O2/c1-3-21(28(39)36(4-2)19-20-10-6-5-7-11-20)33-29-34-24(37-14-16-40-17-15-37)18-25(35-29)38-23-13-9-8-12-22(23)32-27(38)26(30)31/h5-13,18,21,26H,3-4,14-17,19H2,1-2H3,(H,33,34,35)/t21-/m0/s1. The minimum absolute atomic E-state index is 0.0860. The Balaban J connectivity index is 1.52. The third-order valence-electron chi connectivity index (χ3n) is 6.96. The molecule has 1 saturated heterocycles. The van der Waals surface area contributed by atoms with Crippen LogP contribution >= 0.6 is 0 Å². The van der Waals surface area contributed by atoms with Gasteiger partial charge in [0.25, 0.3) is 6.43 Å². The number of hydrogen-bond donors (Lipinski definition) is 1. The second-order valence-electron chi connectivity index (χ2n) is 9.55. The molecule has 4 aromatic rings. The Morgan fingerprint density at radius 2 is 1.70 bits per heavy atom. The first-order valence-electron chi connectivity index (χ1n) is 13.5. The molecule has 210 valence electrons. The van der Waals surface area contributed by atoms with Gasteiger partial charge >= 0.3 is 0 Å². The van der Waals surface area contributed by atoms with Crippen LogP contribution in [0, 0.1) is 0 Å². The fourth-order valence-electron chi connectivity index (χ4n) is 4.85. The van der Waals surface area contributed by atoms with Gasteiger partial charge in [0.15, 0.2) is 5.82 Å². The number of amides is 1. The van der Waals surface area contributed by atoms with Gasteiger partial charge in [0, 0.05) is 32.2 Å². The zero-order valence-electron chi connectivity index (χ0n) is 22.6. The number of morpholine rings is 1. The van der Waals surface area contributed by atoms with Gasteiger partial charge in [-0.2, -0.15) is 9.97 Å². The highest BCUT2D eigenvalue weighted by Gasteiger charge is 2.26. The van der Waals surface area contributed by atoms with Crippen molar-refractivity contribution in [1.82, 2.24) is 24.4 Å². The lowest BCUT2D eigenvalue weighted by atomic mass is 10.1. The van der Waals surface area contributed by atoms with Gasteiger partial charge in [-0.1, -0.05) is 49.4 Å². The summed E-state index contributed by atoms with van der Waals surface area (Å²) in [6.45, 7) is 7.11. The van der Waals surface area contributed by atoms with Crippen molar-refractivity contribution >= 4 is 28.7 Å². The van der Waals surface area contributed by atoms with Crippen LogP contribution in [0.1, 0.15) is 38.1 Å². The van der Waals surface area contributed by atoms with E-state index in [9.17, 15) is 13.6 Å². The Morgan fingerprint density at radius 1 is 1.00 bits per heavy atom. The average Bonchev–Trinajstić information content (AvgIpc) is 3.39. The smallest absolute Gasteiger partial charge is 0.296 e. The van der Waals surface area contributed by atoms with Crippen molar-refractivity contribution in [2.24, 2.45) is 0 Å². The molecule has 1 aliphatic heterocycles. The van der Waals surface area contributed by atoms with Crippen LogP contribution in [0.3, 0.4) is 0 Å². The predicted molar refractivity (Wildman–Crippen MR) is 150 cm³/mol. The number of likely N-dealkylation sites (N-methyl/N-ethyl adjacent to an activating group) is 1. The van der Waals surface area contributed by atoms with Crippen molar-refractivity contribution in [1.29, 1.82) is 0 Å². The van der Waals surface area contributed by atoms with E-state index in [1.807, 2.05) is 49.1 Å². The van der Waals surface area contributed by atoms with Gasteiger partial charge < -0.3 is 19.9 Å². The summed E-state index contributed by atoms with van der Waals surface area (Å²) in [7, 11) is 0. The van der Waals surface area contributed by atoms with E-state index in [0.29, 0.717) is 62.7 Å². The van der Waals surface area contributed by atoms with E-state index in [1.165, 1.54) is 4.57 Å². The first kappa shape index (κ1) is 27.4. The highest BCUT2D eigenvalue weighted by molar-refractivity contribution is 5.84. The first-order chi connectivity index (χ1) is 19.5. The number of alkyl halides is 2. The van der Waals surface area contributed by atoms with E-state index < -0.39 is 18.3 Å². The summed E-state index contributed by atoms with van der Waals surface area (Å²) < 4.78 is 35.2. The second-order valence-corrected chi connectivity index (χ2v) is 9.55. The molecule has 1 aliphatic rings. The largest absolute Gasteiger partial charge is 0.378 e. The molecular weight excluding hydrogens is 516 g/mol. The fraction of sp³-hybridized carbons (Fsp3) is 0.379. The highest BCUT2D eigenvalue weighted by atomic mass is 19.3. The number of fused-ring (bicyclic) bond motifs is 1. The number of rotatable bonds is 10. The summed E-state index contributed by atoms with van der Waals surface area (Å²) in [4.78, 5) is 30.9. The molecule has 0 bridgehead atoms. The lowest BCUT2D eigenvalue weighted by Gasteiger charge is -2.29. The summed E-state index contributed by atoms with van der Waals surface area (Å²) in [6.07, 6.45) is -2.33. The maximum absolute atomic E-state index is 14.2. The van der Waals surface area contributed by atoms with Crippen LogP contribution < -0.4 is 10.2 Å². The van der Waals surface area contributed by atoms with Gasteiger partial charge in [0.2, 0.25) is 11.9 Å². The fourth-order valence-corrected chi connectivity index (χ4v) is 4.85. The molecule has 1 N–H and O–H groups in total. The molecule has 9 nitrogen and oxygen atoms in total. The quantitative estimate of drug-likeness (QED) is 0.303. The number of imidazole rings is 1. The summed E-state index contributed by atoms with van der Waals surface area (Å²) in [6, 6.07) is 17.9. The lowest BCUT2D eigenvalue weighted by Crippen LogP contribution is -2.42. The van der Waals surface area contributed by atoms with Crippen molar-refractivity contribution in [2.75, 3.05) is 43.1 Å². The van der Waals surface area contributed by atoms with Crippen LogP contribution in [-0.4, -0.2) is 69.2 Å². The van der Waals surface area contributed by atoms with Crippen LogP contribution in [0.25, 0.3) is 16.9 Å². The molecule has 1 amide bonds. The SMILES string of the molecule is CC[C@H](Nc1nc(N2CCOCC2)cc(-n2c(C(F)F)nc3ccccc32)n1)C(=O)N(CC)Cc1ccccc1. The van der Waals surface area contributed by atoms with E-state index >= 15 is 0 Å². The molecular formula is C29H33F2N7O2. The van der Waals surface area contributed by atoms with E-state index in [2.05, 4.69) is 15.3 Å².